The SMILES string of the molecule is Cc1ccc(NC2=C(c3ccc(C)c(C)c3)C(=O)N(Cc3ccccn3)C2=O)cc1. The molecule has 0 fully saturated rings. The lowest BCUT2D eigenvalue weighted by atomic mass is 9.99. The molecule has 1 N–H and O–H groups in total. The number of aromatic nitrogens is 1. The lowest BCUT2D eigenvalue weighted by molar-refractivity contribution is -0.137. The van der Waals surface area contributed by atoms with Gasteiger partial charge in [0.15, 0.2) is 0 Å². The molecule has 1 aromatic heterocycles. The van der Waals surface area contributed by atoms with Gasteiger partial charge in [-0.05, 0) is 61.7 Å². The lowest BCUT2D eigenvalue weighted by Gasteiger charge is -2.15. The molecule has 4 rings (SSSR count). The average molecular weight is 397 g/mol. The molecule has 0 bridgehead atoms. The van der Waals surface area contributed by atoms with Crippen LogP contribution in [0.5, 0.6) is 0 Å². The largest absolute Gasteiger partial charge is 0.350 e. The molecule has 0 saturated carbocycles. The van der Waals surface area contributed by atoms with Crippen molar-refractivity contribution in [2.45, 2.75) is 27.3 Å². The summed E-state index contributed by atoms with van der Waals surface area (Å²) in [4.78, 5) is 32.2. The zero-order valence-electron chi connectivity index (χ0n) is 17.3. The number of imide groups is 1. The Labute approximate surface area is 176 Å². The van der Waals surface area contributed by atoms with Crippen molar-refractivity contribution in [3.8, 4) is 0 Å². The van der Waals surface area contributed by atoms with Crippen LogP contribution in [0.4, 0.5) is 5.69 Å². The average Bonchev–Trinajstić information content (AvgIpc) is 2.97. The molecule has 30 heavy (non-hydrogen) atoms. The Bertz CT molecular complexity index is 1150. The summed E-state index contributed by atoms with van der Waals surface area (Å²) < 4.78 is 0. The van der Waals surface area contributed by atoms with Gasteiger partial charge in [-0.2, -0.15) is 0 Å². The molecule has 150 valence electrons. The van der Waals surface area contributed by atoms with E-state index in [0.29, 0.717) is 17.0 Å². The minimum atomic E-state index is -0.348. The zero-order valence-corrected chi connectivity index (χ0v) is 17.3. The highest BCUT2D eigenvalue weighted by Gasteiger charge is 2.39. The minimum Gasteiger partial charge on any atom is -0.350 e. The van der Waals surface area contributed by atoms with Crippen molar-refractivity contribution in [3.63, 3.8) is 0 Å². The molecule has 0 unspecified atom stereocenters. The highest BCUT2D eigenvalue weighted by atomic mass is 16.2. The predicted octanol–water partition coefficient (Wildman–Crippen LogP) is 4.40. The quantitative estimate of drug-likeness (QED) is 0.648. The Balaban J connectivity index is 1.76. The highest BCUT2D eigenvalue weighted by Crippen LogP contribution is 2.32. The summed E-state index contributed by atoms with van der Waals surface area (Å²) in [6.45, 7) is 6.15. The summed E-state index contributed by atoms with van der Waals surface area (Å²) in [6, 6.07) is 19.0. The second-order valence-corrected chi connectivity index (χ2v) is 7.56. The van der Waals surface area contributed by atoms with E-state index in [4.69, 9.17) is 0 Å². The van der Waals surface area contributed by atoms with Crippen LogP contribution in [-0.2, 0) is 16.1 Å². The van der Waals surface area contributed by atoms with Crippen LogP contribution in [-0.4, -0.2) is 21.7 Å². The number of hydrogen-bond donors (Lipinski definition) is 1. The van der Waals surface area contributed by atoms with Gasteiger partial charge >= 0.3 is 0 Å². The molecule has 2 heterocycles. The summed E-state index contributed by atoms with van der Waals surface area (Å²) >= 11 is 0. The summed E-state index contributed by atoms with van der Waals surface area (Å²) in [5.74, 6) is -0.664. The maximum absolute atomic E-state index is 13.4. The maximum Gasteiger partial charge on any atom is 0.278 e. The number of aryl methyl sites for hydroxylation is 3. The summed E-state index contributed by atoms with van der Waals surface area (Å²) in [7, 11) is 0. The molecule has 5 nitrogen and oxygen atoms in total. The van der Waals surface area contributed by atoms with E-state index in [-0.39, 0.29) is 18.4 Å². The smallest absolute Gasteiger partial charge is 0.278 e. The third kappa shape index (κ3) is 3.74. The minimum absolute atomic E-state index is 0.131. The van der Waals surface area contributed by atoms with Crippen molar-refractivity contribution < 1.29 is 9.59 Å². The Morgan fingerprint density at radius 1 is 0.867 bits per heavy atom. The van der Waals surface area contributed by atoms with Crippen LogP contribution < -0.4 is 5.32 Å². The van der Waals surface area contributed by atoms with Gasteiger partial charge in [0.25, 0.3) is 11.8 Å². The van der Waals surface area contributed by atoms with Crippen LogP contribution in [0.25, 0.3) is 5.57 Å². The number of carbonyl (C=O) groups is 2. The van der Waals surface area contributed by atoms with Crippen LogP contribution in [0.15, 0.2) is 72.6 Å². The number of nitrogens with one attached hydrogen (secondary N) is 1. The number of nitrogens with zero attached hydrogens (tertiary/aromatic N) is 2. The first-order chi connectivity index (χ1) is 14.4. The fourth-order valence-corrected chi connectivity index (χ4v) is 3.44. The third-order valence-corrected chi connectivity index (χ3v) is 5.33. The molecule has 1 aliphatic heterocycles. The molecule has 0 spiro atoms. The van der Waals surface area contributed by atoms with Crippen LogP contribution in [0.2, 0.25) is 0 Å². The Morgan fingerprint density at radius 3 is 2.30 bits per heavy atom. The zero-order chi connectivity index (χ0) is 21.3. The van der Waals surface area contributed by atoms with Crippen molar-refractivity contribution in [3.05, 3.63) is 101 Å². The summed E-state index contributed by atoms with van der Waals surface area (Å²) in [5.41, 5.74) is 6.16. The lowest BCUT2D eigenvalue weighted by Crippen LogP contribution is -2.32. The van der Waals surface area contributed by atoms with Crippen molar-refractivity contribution in [2.24, 2.45) is 0 Å². The van der Waals surface area contributed by atoms with Gasteiger partial charge in [0, 0.05) is 11.9 Å². The molecule has 5 heteroatoms. The number of rotatable bonds is 5. The molecule has 0 aliphatic carbocycles. The fraction of sp³-hybridized carbons (Fsp3) is 0.160. The number of pyridine rings is 1. The van der Waals surface area contributed by atoms with Crippen LogP contribution in [0.3, 0.4) is 0 Å². The second kappa shape index (κ2) is 7.95. The molecule has 2 amide bonds. The molecular formula is C25H23N3O2. The van der Waals surface area contributed by atoms with Gasteiger partial charge < -0.3 is 5.32 Å². The standard InChI is InChI=1S/C25H23N3O2/c1-16-7-11-20(12-8-16)27-23-22(19-10-9-17(2)18(3)14-19)24(29)28(25(23)30)15-21-6-4-5-13-26-21/h4-14,27H,15H2,1-3H3. The molecular weight excluding hydrogens is 374 g/mol. The van der Waals surface area contributed by atoms with Gasteiger partial charge in [-0.25, -0.2) is 0 Å². The van der Waals surface area contributed by atoms with Gasteiger partial charge in [0.05, 0.1) is 17.8 Å². The van der Waals surface area contributed by atoms with Gasteiger partial charge in [0.2, 0.25) is 0 Å². The molecule has 0 saturated heterocycles. The van der Waals surface area contributed by atoms with Gasteiger partial charge in [-0.1, -0.05) is 42.0 Å². The number of amides is 2. The first-order valence-corrected chi connectivity index (χ1v) is 9.86. The van der Waals surface area contributed by atoms with E-state index >= 15 is 0 Å². The Hall–Kier alpha value is -3.73. The fourth-order valence-electron chi connectivity index (χ4n) is 3.44. The molecule has 3 aromatic rings. The number of hydrogen-bond acceptors (Lipinski definition) is 4. The predicted molar refractivity (Wildman–Crippen MR) is 117 cm³/mol. The van der Waals surface area contributed by atoms with Crippen molar-refractivity contribution in [1.82, 2.24) is 9.88 Å². The van der Waals surface area contributed by atoms with E-state index < -0.39 is 0 Å². The third-order valence-electron chi connectivity index (χ3n) is 5.33. The van der Waals surface area contributed by atoms with Crippen molar-refractivity contribution in [1.29, 1.82) is 0 Å². The van der Waals surface area contributed by atoms with Crippen molar-refractivity contribution in [2.75, 3.05) is 5.32 Å². The van der Waals surface area contributed by atoms with E-state index in [1.165, 1.54) is 4.90 Å². The monoisotopic (exact) mass is 397 g/mol. The van der Waals surface area contributed by atoms with Crippen LogP contribution >= 0.6 is 0 Å². The van der Waals surface area contributed by atoms with E-state index in [1.54, 1.807) is 12.3 Å². The first kappa shape index (κ1) is 19.6. The number of benzene rings is 2. The highest BCUT2D eigenvalue weighted by molar-refractivity contribution is 6.36. The van der Waals surface area contributed by atoms with Gasteiger partial charge in [-0.3, -0.25) is 19.5 Å². The second-order valence-electron chi connectivity index (χ2n) is 7.56. The number of carbonyl (C=O) groups excluding carboxylic acids is 2. The van der Waals surface area contributed by atoms with E-state index in [0.717, 1.165) is 27.9 Å². The molecule has 0 radical (unpaired) electrons. The van der Waals surface area contributed by atoms with Gasteiger partial charge in [-0.15, -0.1) is 0 Å². The normalized spacial score (nSPS) is 13.9. The molecule has 0 atom stereocenters. The van der Waals surface area contributed by atoms with Gasteiger partial charge in [0.1, 0.15) is 5.70 Å². The van der Waals surface area contributed by atoms with Crippen molar-refractivity contribution >= 4 is 23.1 Å². The molecule has 1 aliphatic rings. The molecule has 2 aromatic carbocycles. The van der Waals surface area contributed by atoms with Crippen LogP contribution in [0, 0.1) is 20.8 Å². The Kier molecular flexibility index (Phi) is 5.19. The summed E-state index contributed by atoms with van der Waals surface area (Å²) in [6.07, 6.45) is 1.66. The van der Waals surface area contributed by atoms with E-state index in [2.05, 4.69) is 10.3 Å². The van der Waals surface area contributed by atoms with Crippen LogP contribution in [0.1, 0.15) is 27.9 Å². The van der Waals surface area contributed by atoms with E-state index in [1.807, 2.05) is 75.4 Å². The topological polar surface area (TPSA) is 62.3 Å². The van der Waals surface area contributed by atoms with E-state index in [9.17, 15) is 9.59 Å². The Morgan fingerprint density at radius 2 is 1.63 bits per heavy atom. The first-order valence-electron chi connectivity index (χ1n) is 9.86. The summed E-state index contributed by atoms with van der Waals surface area (Å²) in [5, 5.41) is 3.19. The maximum atomic E-state index is 13.4. The number of anilines is 1.